The number of carbonyl (C=O) groups excluding carboxylic acids is 1. The van der Waals surface area contributed by atoms with E-state index < -0.39 is 0 Å². The summed E-state index contributed by atoms with van der Waals surface area (Å²) in [5.74, 6) is 3.09. The molecule has 4 aliphatic rings. The number of carbonyl (C=O) groups is 1. The molecule has 0 unspecified atom stereocenters. The maximum absolute atomic E-state index is 13.3. The molecule has 5 heteroatoms. The van der Waals surface area contributed by atoms with Crippen LogP contribution < -0.4 is 0 Å². The number of thioether (sulfide) groups is 1. The molecular formula is C23H23N3OS. The van der Waals surface area contributed by atoms with Crippen LogP contribution in [0.3, 0.4) is 0 Å². The van der Waals surface area contributed by atoms with E-state index >= 15 is 0 Å². The molecule has 4 saturated carbocycles. The second-order valence-electron chi connectivity index (χ2n) is 8.79. The fraction of sp³-hybridized carbons (Fsp3) is 0.478. The summed E-state index contributed by atoms with van der Waals surface area (Å²) in [4.78, 5) is 22.3. The molecule has 28 heavy (non-hydrogen) atoms. The van der Waals surface area contributed by atoms with Gasteiger partial charge in [0.2, 0.25) is 0 Å². The lowest BCUT2D eigenvalue weighted by molar-refractivity contribution is -0.141. The minimum absolute atomic E-state index is 0.0901. The Labute approximate surface area is 169 Å². The van der Waals surface area contributed by atoms with Crippen molar-refractivity contribution >= 4 is 17.5 Å². The van der Waals surface area contributed by atoms with Gasteiger partial charge in [-0.2, -0.15) is 5.26 Å². The van der Waals surface area contributed by atoms with Crippen molar-refractivity contribution in [3.05, 3.63) is 42.1 Å². The van der Waals surface area contributed by atoms with Gasteiger partial charge in [-0.25, -0.2) is 4.98 Å². The third-order valence-corrected chi connectivity index (χ3v) is 7.87. The molecule has 142 valence electrons. The van der Waals surface area contributed by atoms with E-state index in [4.69, 9.17) is 0 Å². The SMILES string of the molecule is N#Cc1ccc(-c2ccccn2)nc1SCC(=O)C12CC3CC(CC(C3)C1)C2. The normalized spacial score (nSPS) is 30.2. The molecule has 4 bridgehead atoms. The summed E-state index contributed by atoms with van der Waals surface area (Å²) in [7, 11) is 0. The lowest BCUT2D eigenvalue weighted by atomic mass is 9.48. The minimum atomic E-state index is -0.0901. The van der Waals surface area contributed by atoms with E-state index in [0.717, 1.165) is 48.4 Å². The molecule has 2 aromatic rings. The predicted octanol–water partition coefficient (Wildman–Crippen LogP) is 4.89. The van der Waals surface area contributed by atoms with Crippen molar-refractivity contribution in [1.82, 2.24) is 9.97 Å². The van der Waals surface area contributed by atoms with Crippen LogP contribution in [0, 0.1) is 34.5 Å². The number of aromatic nitrogens is 2. The van der Waals surface area contributed by atoms with E-state index in [2.05, 4.69) is 16.0 Å². The number of Topliss-reactive ketones (excluding diaryl/α,β-unsaturated/α-hetero) is 1. The Morgan fingerprint density at radius 3 is 2.39 bits per heavy atom. The number of nitrogens with zero attached hydrogens (tertiary/aromatic N) is 3. The van der Waals surface area contributed by atoms with Gasteiger partial charge in [0.25, 0.3) is 0 Å². The number of nitriles is 1. The standard InChI is InChI=1S/C23H23N3OS/c24-13-18-4-5-20(19-3-1-2-6-25-19)26-22(18)28-14-21(27)23-10-15-7-16(11-23)9-17(8-15)12-23/h1-6,15-17H,7-12,14H2. The largest absolute Gasteiger partial charge is 0.298 e. The fourth-order valence-electron chi connectivity index (χ4n) is 6.03. The van der Waals surface area contributed by atoms with Crippen molar-refractivity contribution in [1.29, 1.82) is 5.26 Å². The molecule has 0 radical (unpaired) electrons. The molecule has 0 saturated heterocycles. The van der Waals surface area contributed by atoms with E-state index in [0.29, 0.717) is 22.1 Å². The Balaban J connectivity index is 1.35. The summed E-state index contributed by atoms with van der Waals surface area (Å²) in [5, 5.41) is 10.1. The maximum atomic E-state index is 13.3. The van der Waals surface area contributed by atoms with Crippen LogP contribution in [0.4, 0.5) is 0 Å². The van der Waals surface area contributed by atoms with Gasteiger partial charge in [-0.15, -0.1) is 0 Å². The van der Waals surface area contributed by atoms with Gasteiger partial charge in [0.15, 0.2) is 0 Å². The first kappa shape index (κ1) is 17.9. The van der Waals surface area contributed by atoms with E-state index in [1.807, 2.05) is 24.3 Å². The highest BCUT2D eigenvalue weighted by molar-refractivity contribution is 8.00. The zero-order valence-electron chi connectivity index (χ0n) is 15.8. The molecule has 0 aliphatic heterocycles. The van der Waals surface area contributed by atoms with E-state index in [-0.39, 0.29) is 5.41 Å². The van der Waals surface area contributed by atoms with E-state index in [1.165, 1.54) is 31.0 Å². The number of hydrogen-bond acceptors (Lipinski definition) is 5. The van der Waals surface area contributed by atoms with Crippen LogP contribution in [-0.2, 0) is 4.79 Å². The van der Waals surface area contributed by atoms with Gasteiger partial charge in [-0.05, 0) is 80.5 Å². The lowest BCUT2D eigenvalue weighted by Gasteiger charge is -2.56. The molecule has 4 nitrogen and oxygen atoms in total. The second-order valence-corrected chi connectivity index (χ2v) is 9.75. The van der Waals surface area contributed by atoms with Crippen molar-refractivity contribution in [2.24, 2.45) is 23.2 Å². The molecule has 0 aromatic carbocycles. The number of pyridine rings is 2. The topological polar surface area (TPSA) is 66.6 Å². The number of hydrogen-bond donors (Lipinski definition) is 0. The Morgan fingerprint density at radius 2 is 1.79 bits per heavy atom. The van der Waals surface area contributed by atoms with Gasteiger partial charge in [0.05, 0.1) is 22.7 Å². The van der Waals surface area contributed by atoms with Crippen molar-refractivity contribution < 1.29 is 4.79 Å². The highest BCUT2D eigenvalue weighted by Crippen LogP contribution is 2.60. The molecule has 2 aromatic heterocycles. The molecule has 2 heterocycles. The summed E-state index contributed by atoms with van der Waals surface area (Å²) in [6, 6.07) is 11.5. The molecule has 0 amide bonds. The van der Waals surface area contributed by atoms with Gasteiger partial charge in [-0.1, -0.05) is 17.8 Å². The molecule has 4 aliphatic carbocycles. The van der Waals surface area contributed by atoms with E-state index in [1.54, 1.807) is 12.3 Å². The highest BCUT2D eigenvalue weighted by atomic mass is 32.2. The smallest absolute Gasteiger partial charge is 0.149 e. The van der Waals surface area contributed by atoms with Crippen LogP contribution in [0.5, 0.6) is 0 Å². The van der Waals surface area contributed by atoms with Gasteiger partial charge in [0.1, 0.15) is 16.9 Å². The average molecular weight is 390 g/mol. The fourth-order valence-corrected chi connectivity index (χ4v) is 7.04. The third kappa shape index (κ3) is 3.14. The van der Waals surface area contributed by atoms with Crippen molar-refractivity contribution in [3.8, 4) is 17.5 Å². The van der Waals surface area contributed by atoms with Crippen molar-refractivity contribution in [3.63, 3.8) is 0 Å². The first-order valence-corrected chi connectivity index (χ1v) is 11.1. The maximum Gasteiger partial charge on any atom is 0.149 e. The lowest BCUT2D eigenvalue weighted by Crippen LogP contribution is -2.50. The van der Waals surface area contributed by atoms with Crippen molar-refractivity contribution in [2.75, 3.05) is 5.75 Å². The van der Waals surface area contributed by atoms with Gasteiger partial charge >= 0.3 is 0 Å². The molecule has 0 N–H and O–H groups in total. The summed E-state index contributed by atoms with van der Waals surface area (Å²) in [6.45, 7) is 0. The molecule has 4 fully saturated rings. The zero-order chi connectivity index (χ0) is 19.1. The first-order valence-electron chi connectivity index (χ1n) is 10.1. The van der Waals surface area contributed by atoms with Crippen LogP contribution in [0.15, 0.2) is 41.6 Å². The van der Waals surface area contributed by atoms with Crippen molar-refractivity contribution in [2.45, 2.75) is 43.6 Å². The first-order chi connectivity index (χ1) is 13.6. The monoisotopic (exact) mass is 389 g/mol. The highest BCUT2D eigenvalue weighted by Gasteiger charge is 2.54. The number of rotatable bonds is 5. The summed E-state index contributed by atoms with van der Waals surface area (Å²) in [6.07, 6.45) is 9.02. The van der Waals surface area contributed by atoms with Gasteiger partial charge in [-0.3, -0.25) is 9.78 Å². The Kier molecular flexibility index (Phi) is 4.47. The predicted molar refractivity (Wildman–Crippen MR) is 109 cm³/mol. The quantitative estimate of drug-likeness (QED) is 0.681. The molecule has 0 spiro atoms. The Bertz CT molecular complexity index is 915. The minimum Gasteiger partial charge on any atom is -0.298 e. The van der Waals surface area contributed by atoms with Crippen LogP contribution in [0.1, 0.15) is 44.1 Å². The average Bonchev–Trinajstić information content (AvgIpc) is 2.71. The molecule has 0 atom stereocenters. The van der Waals surface area contributed by atoms with Crippen LogP contribution in [-0.4, -0.2) is 21.5 Å². The Hall–Kier alpha value is -2.19. The number of ketones is 1. The summed E-state index contributed by atoms with van der Waals surface area (Å²) in [5.41, 5.74) is 1.96. The van der Waals surface area contributed by atoms with E-state index in [9.17, 15) is 10.1 Å². The summed E-state index contributed by atoms with van der Waals surface area (Å²) >= 11 is 1.43. The zero-order valence-corrected chi connectivity index (χ0v) is 16.6. The van der Waals surface area contributed by atoms with Crippen LogP contribution >= 0.6 is 11.8 Å². The summed E-state index contributed by atoms with van der Waals surface area (Å²) < 4.78 is 0. The van der Waals surface area contributed by atoms with Crippen LogP contribution in [0.2, 0.25) is 0 Å². The van der Waals surface area contributed by atoms with Gasteiger partial charge < -0.3 is 0 Å². The third-order valence-electron chi connectivity index (χ3n) is 6.88. The molecular weight excluding hydrogens is 366 g/mol. The van der Waals surface area contributed by atoms with Crippen LogP contribution in [0.25, 0.3) is 11.4 Å². The Morgan fingerprint density at radius 1 is 1.07 bits per heavy atom. The van der Waals surface area contributed by atoms with Gasteiger partial charge in [0, 0.05) is 11.6 Å². The second kappa shape index (κ2) is 7.00. The molecule has 6 rings (SSSR count).